The molecule has 0 bridgehead atoms. The highest BCUT2D eigenvalue weighted by atomic mass is 16.1. The second kappa shape index (κ2) is 5.58. The zero-order valence-corrected chi connectivity index (χ0v) is 8.99. The Morgan fingerprint density at radius 3 is 2.79 bits per heavy atom. The first-order valence-corrected chi connectivity index (χ1v) is 5.27. The number of rotatable bonds is 6. The maximum Gasteiger partial charge on any atom is 0.170 e. The second-order valence-corrected chi connectivity index (χ2v) is 3.64. The minimum Gasteiger partial charge on any atom is -0.296 e. The van der Waals surface area contributed by atoms with Crippen LogP contribution in [0.4, 0.5) is 0 Å². The van der Waals surface area contributed by atoms with Gasteiger partial charge in [0.15, 0.2) is 6.29 Å². The van der Waals surface area contributed by atoms with Gasteiger partial charge in [-0.1, -0.05) is 26.2 Å². The van der Waals surface area contributed by atoms with Crippen LogP contribution in [-0.2, 0) is 6.54 Å². The van der Waals surface area contributed by atoms with Crippen LogP contribution in [0.15, 0.2) is 6.20 Å². The second-order valence-electron chi connectivity index (χ2n) is 3.64. The van der Waals surface area contributed by atoms with Crippen molar-refractivity contribution in [3.8, 4) is 0 Å². The largest absolute Gasteiger partial charge is 0.296 e. The van der Waals surface area contributed by atoms with Gasteiger partial charge >= 0.3 is 0 Å². The standard InChI is InChI=1S/C11H18N2O/c1-3-4-5-6-7-13-8-10(2)11(9-14)12-13/h8-9H,3-7H2,1-2H3. The molecule has 0 aliphatic carbocycles. The summed E-state index contributed by atoms with van der Waals surface area (Å²) in [6, 6.07) is 0. The molecule has 1 aromatic heterocycles. The molecule has 0 amide bonds. The average Bonchev–Trinajstić information content (AvgIpc) is 2.54. The highest BCUT2D eigenvalue weighted by Crippen LogP contribution is 2.05. The Labute approximate surface area is 85.1 Å². The molecule has 0 aliphatic heterocycles. The van der Waals surface area contributed by atoms with Gasteiger partial charge in [0.25, 0.3) is 0 Å². The number of hydrogen-bond acceptors (Lipinski definition) is 2. The van der Waals surface area contributed by atoms with Crippen LogP contribution in [0.25, 0.3) is 0 Å². The van der Waals surface area contributed by atoms with Crippen molar-refractivity contribution < 1.29 is 4.79 Å². The van der Waals surface area contributed by atoms with Crippen molar-refractivity contribution in [1.82, 2.24) is 9.78 Å². The van der Waals surface area contributed by atoms with E-state index in [9.17, 15) is 4.79 Å². The van der Waals surface area contributed by atoms with Crippen LogP contribution in [-0.4, -0.2) is 16.1 Å². The Bertz CT molecular complexity index is 291. The molecule has 0 fully saturated rings. The number of hydrogen-bond donors (Lipinski definition) is 0. The van der Waals surface area contributed by atoms with Crippen LogP contribution in [0, 0.1) is 6.92 Å². The molecule has 0 aliphatic rings. The quantitative estimate of drug-likeness (QED) is 0.515. The lowest BCUT2D eigenvalue weighted by Gasteiger charge is -1.99. The third-order valence-corrected chi connectivity index (χ3v) is 2.34. The summed E-state index contributed by atoms with van der Waals surface area (Å²) in [7, 11) is 0. The van der Waals surface area contributed by atoms with E-state index in [4.69, 9.17) is 0 Å². The molecule has 78 valence electrons. The summed E-state index contributed by atoms with van der Waals surface area (Å²) in [4.78, 5) is 10.5. The van der Waals surface area contributed by atoms with Crippen LogP contribution < -0.4 is 0 Å². The molecule has 0 aromatic carbocycles. The maximum absolute atomic E-state index is 10.5. The average molecular weight is 194 g/mol. The lowest BCUT2D eigenvalue weighted by molar-refractivity contribution is 0.111. The number of aldehydes is 1. The Kier molecular flexibility index (Phi) is 4.36. The number of carbonyl (C=O) groups excluding carboxylic acids is 1. The molecule has 0 unspecified atom stereocenters. The van der Waals surface area contributed by atoms with E-state index in [0.29, 0.717) is 5.69 Å². The topological polar surface area (TPSA) is 34.9 Å². The van der Waals surface area contributed by atoms with E-state index in [1.54, 1.807) is 0 Å². The highest BCUT2D eigenvalue weighted by molar-refractivity contribution is 5.73. The van der Waals surface area contributed by atoms with Crippen molar-refractivity contribution in [2.24, 2.45) is 0 Å². The third kappa shape index (κ3) is 2.98. The van der Waals surface area contributed by atoms with Crippen LogP contribution in [0.2, 0.25) is 0 Å². The Morgan fingerprint density at radius 1 is 1.43 bits per heavy atom. The van der Waals surface area contributed by atoms with Crippen LogP contribution in [0.3, 0.4) is 0 Å². The van der Waals surface area contributed by atoms with E-state index in [-0.39, 0.29) is 0 Å². The van der Waals surface area contributed by atoms with Gasteiger partial charge in [-0.15, -0.1) is 0 Å². The van der Waals surface area contributed by atoms with Gasteiger partial charge in [-0.2, -0.15) is 5.10 Å². The summed E-state index contributed by atoms with van der Waals surface area (Å²) in [5.74, 6) is 0. The fourth-order valence-electron chi connectivity index (χ4n) is 1.47. The highest BCUT2D eigenvalue weighted by Gasteiger charge is 2.02. The lowest BCUT2D eigenvalue weighted by atomic mass is 10.2. The molecule has 0 atom stereocenters. The van der Waals surface area contributed by atoms with Crippen LogP contribution >= 0.6 is 0 Å². The minimum atomic E-state index is 0.570. The first-order chi connectivity index (χ1) is 6.77. The van der Waals surface area contributed by atoms with E-state index in [2.05, 4.69) is 12.0 Å². The SMILES string of the molecule is CCCCCCn1cc(C)c(C=O)n1. The fourth-order valence-corrected chi connectivity index (χ4v) is 1.47. The third-order valence-electron chi connectivity index (χ3n) is 2.34. The maximum atomic E-state index is 10.5. The number of aromatic nitrogens is 2. The Balaban J connectivity index is 2.39. The first kappa shape index (κ1) is 11.0. The van der Waals surface area contributed by atoms with Crippen molar-refractivity contribution in [2.45, 2.75) is 46.1 Å². The minimum absolute atomic E-state index is 0.570. The van der Waals surface area contributed by atoms with E-state index in [0.717, 1.165) is 24.8 Å². The predicted octanol–water partition coefficient (Wildman–Crippen LogP) is 2.58. The lowest BCUT2D eigenvalue weighted by Crippen LogP contribution is -1.99. The van der Waals surface area contributed by atoms with E-state index in [1.165, 1.54) is 19.3 Å². The van der Waals surface area contributed by atoms with Crippen molar-refractivity contribution in [3.05, 3.63) is 17.5 Å². The molecule has 3 nitrogen and oxygen atoms in total. The summed E-state index contributed by atoms with van der Waals surface area (Å²) in [6.07, 6.45) is 7.67. The molecular formula is C11H18N2O. The molecule has 3 heteroatoms. The molecule has 1 aromatic rings. The number of aryl methyl sites for hydroxylation is 2. The van der Waals surface area contributed by atoms with E-state index in [1.807, 2.05) is 17.8 Å². The van der Waals surface area contributed by atoms with Crippen LogP contribution in [0.1, 0.15) is 48.7 Å². The van der Waals surface area contributed by atoms with Gasteiger partial charge in [0.2, 0.25) is 0 Å². The van der Waals surface area contributed by atoms with Gasteiger partial charge in [0.1, 0.15) is 5.69 Å². The van der Waals surface area contributed by atoms with Gasteiger partial charge in [-0.25, -0.2) is 0 Å². The molecule has 0 N–H and O–H groups in total. The monoisotopic (exact) mass is 194 g/mol. The molecule has 0 radical (unpaired) electrons. The van der Waals surface area contributed by atoms with Gasteiger partial charge in [0.05, 0.1) is 0 Å². The van der Waals surface area contributed by atoms with Crippen molar-refractivity contribution >= 4 is 6.29 Å². The zero-order chi connectivity index (χ0) is 10.4. The van der Waals surface area contributed by atoms with Gasteiger partial charge < -0.3 is 0 Å². The molecule has 0 saturated heterocycles. The molecule has 1 heterocycles. The molecule has 1 rings (SSSR count). The van der Waals surface area contributed by atoms with Crippen molar-refractivity contribution in [2.75, 3.05) is 0 Å². The summed E-state index contributed by atoms with van der Waals surface area (Å²) in [5.41, 5.74) is 1.54. The summed E-state index contributed by atoms with van der Waals surface area (Å²) >= 11 is 0. The summed E-state index contributed by atoms with van der Waals surface area (Å²) in [6.45, 7) is 5.04. The number of nitrogens with zero attached hydrogens (tertiary/aromatic N) is 2. The molecular weight excluding hydrogens is 176 g/mol. The Morgan fingerprint density at radius 2 is 2.21 bits per heavy atom. The zero-order valence-electron chi connectivity index (χ0n) is 8.99. The van der Waals surface area contributed by atoms with Gasteiger partial charge in [-0.05, 0) is 18.9 Å². The predicted molar refractivity (Wildman–Crippen MR) is 56.5 cm³/mol. The van der Waals surface area contributed by atoms with Crippen molar-refractivity contribution in [1.29, 1.82) is 0 Å². The van der Waals surface area contributed by atoms with E-state index < -0.39 is 0 Å². The van der Waals surface area contributed by atoms with Crippen LogP contribution in [0.5, 0.6) is 0 Å². The summed E-state index contributed by atoms with van der Waals surface area (Å²) < 4.78 is 1.87. The molecule has 0 saturated carbocycles. The number of carbonyl (C=O) groups is 1. The van der Waals surface area contributed by atoms with E-state index >= 15 is 0 Å². The molecule has 0 spiro atoms. The van der Waals surface area contributed by atoms with Crippen molar-refractivity contribution in [3.63, 3.8) is 0 Å². The first-order valence-electron chi connectivity index (χ1n) is 5.27. The smallest absolute Gasteiger partial charge is 0.170 e. The molecule has 14 heavy (non-hydrogen) atoms. The van der Waals surface area contributed by atoms with Gasteiger partial charge in [0, 0.05) is 12.7 Å². The van der Waals surface area contributed by atoms with Gasteiger partial charge in [-0.3, -0.25) is 9.48 Å². The summed E-state index contributed by atoms with van der Waals surface area (Å²) in [5, 5.41) is 4.17. The number of unbranched alkanes of at least 4 members (excludes halogenated alkanes) is 3. The Hall–Kier alpha value is -1.12. The fraction of sp³-hybridized carbons (Fsp3) is 0.636. The normalized spacial score (nSPS) is 10.4.